The van der Waals surface area contributed by atoms with Crippen molar-refractivity contribution >= 4 is 0 Å². The summed E-state index contributed by atoms with van der Waals surface area (Å²) in [5.74, 6) is 0.974. The number of hydrogen-bond donors (Lipinski definition) is 0. The van der Waals surface area contributed by atoms with E-state index >= 15 is 0 Å². The average Bonchev–Trinajstić information content (AvgIpc) is 2.84. The maximum Gasteiger partial charge on any atom is 0.165 e. The summed E-state index contributed by atoms with van der Waals surface area (Å²) in [4.78, 5) is 2.50. The van der Waals surface area contributed by atoms with Gasteiger partial charge < -0.3 is 4.74 Å². The second kappa shape index (κ2) is 6.96. The van der Waals surface area contributed by atoms with E-state index in [1.165, 1.54) is 0 Å². The van der Waals surface area contributed by atoms with Crippen LogP contribution in [-0.4, -0.2) is 50.4 Å². The predicted octanol–water partition coefficient (Wildman–Crippen LogP) is 1.47. The molecule has 1 aliphatic heterocycles. The van der Waals surface area contributed by atoms with E-state index in [0.29, 0.717) is 12.1 Å². The summed E-state index contributed by atoms with van der Waals surface area (Å²) in [6.07, 6.45) is 3.26. The van der Waals surface area contributed by atoms with E-state index < -0.39 is 0 Å². The lowest BCUT2D eigenvalue weighted by atomic mass is 10.1. The first kappa shape index (κ1) is 14.4. The zero-order chi connectivity index (χ0) is 13.7. The minimum Gasteiger partial charge on any atom is -0.381 e. The van der Waals surface area contributed by atoms with Crippen LogP contribution in [0.2, 0.25) is 0 Å². The van der Waals surface area contributed by atoms with Gasteiger partial charge in [0.1, 0.15) is 0 Å². The molecule has 0 spiro atoms. The van der Waals surface area contributed by atoms with Gasteiger partial charge in [-0.25, -0.2) is 4.68 Å². The number of aryl methyl sites for hydroxylation is 1. The van der Waals surface area contributed by atoms with Gasteiger partial charge in [0.05, 0.1) is 6.54 Å². The fourth-order valence-electron chi connectivity index (χ4n) is 2.64. The van der Waals surface area contributed by atoms with Gasteiger partial charge in [-0.1, -0.05) is 6.92 Å². The van der Waals surface area contributed by atoms with Crippen molar-refractivity contribution in [3.63, 3.8) is 0 Å². The molecule has 1 aromatic rings. The monoisotopic (exact) mass is 267 g/mol. The summed E-state index contributed by atoms with van der Waals surface area (Å²) < 4.78 is 7.38. The van der Waals surface area contributed by atoms with Crippen LogP contribution in [0.1, 0.15) is 45.9 Å². The molecule has 0 atom stereocenters. The molecule has 0 unspecified atom stereocenters. The summed E-state index contributed by atoms with van der Waals surface area (Å²) >= 11 is 0. The molecule has 0 aromatic carbocycles. The lowest BCUT2D eigenvalue weighted by molar-refractivity contribution is 0.0171. The molecule has 0 radical (unpaired) electrons. The second-order valence-corrected chi connectivity index (χ2v) is 5.43. The molecular formula is C13H25N5O. The van der Waals surface area contributed by atoms with Gasteiger partial charge in [-0.15, -0.1) is 5.10 Å². The first-order chi connectivity index (χ1) is 9.22. The van der Waals surface area contributed by atoms with Crippen LogP contribution in [0.3, 0.4) is 0 Å². The van der Waals surface area contributed by atoms with Gasteiger partial charge in [0.15, 0.2) is 5.82 Å². The molecule has 1 saturated heterocycles. The van der Waals surface area contributed by atoms with Crippen molar-refractivity contribution in [2.45, 2.75) is 65.2 Å². The molecule has 0 saturated carbocycles. The summed E-state index contributed by atoms with van der Waals surface area (Å²) in [6.45, 7) is 10.1. The normalized spacial score (nSPS) is 17.5. The minimum atomic E-state index is 0.495. The Morgan fingerprint density at radius 1 is 1.37 bits per heavy atom. The van der Waals surface area contributed by atoms with Crippen molar-refractivity contribution in [2.24, 2.45) is 0 Å². The SMILES string of the molecule is CCCn1nnnc1CN(C(C)C)C1CCOCC1. The molecular weight excluding hydrogens is 242 g/mol. The van der Waals surface area contributed by atoms with Crippen molar-refractivity contribution in [1.29, 1.82) is 0 Å². The number of rotatable bonds is 6. The van der Waals surface area contributed by atoms with E-state index in [9.17, 15) is 0 Å². The van der Waals surface area contributed by atoms with Crippen molar-refractivity contribution in [2.75, 3.05) is 13.2 Å². The topological polar surface area (TPSA) is 56.1 Å². The van der Waals surface area contributed by atoms with Gasteiger partial charge >= 0.3 is 0 Å². The number of tetrazole rings is 1. The molecule has 1 aromatic heterocycles. The van der Waals surface area contributed by atoms with Gasteiger partial charge in [0, 0.05) is 31.8 Å². The van der Waals surface area contributed by atoms with Crippen molar-refractivity contribution in [3.8, 4) is 0 Å². The third-order valence-electron chi connectivity index (χ3n) is 3.69. The van der Waals surface area contributed by atoms with Gasteiger partial charge in [0.2, 0.25) is 0 Å². The van der Waals surface area contributed by atoms with Crippen LogP contribution in [0.5, 0.6) is 0 Å². The summed E-state index contributed by atoms with van der Waals surface area (Å²) in [5, 5.41) is 12.1. The number of hydrogen-bond acceptors (Lipinski definition) is 5. The van der Waals surface area contributed by atoms with E-state index in [1.54, 1.807) is 0 Å². The Hall–Kier alpha value is -1.01. The molecule has 2 rings (SSSR count). The van der Waals surface area contributed by atoms with Crippen LogP contribution < -0.4 is 0 Å². The minimum absolute atomic E-state index is 0.495. The first-order valence-electron chi connectivity index (χ1n) is 7.31. The van der Waals surface area contributed by atoms with Gasteiger partial charge in [-0.05, 0) is 43.5 Å². The zero-order valence-corrected chi connectivity index (χ0v) is 12.2. The molecule has 6 nitrogen and oxygen atoms in total. The second-order valence-electron chi connectivity index (χ2n) is 5.43. The summed E-state index contributed by atoms with van der Waals surface area (Å²) in [5.41, 5.74) is 0. The highest BCUT2D eigenvalue weighted by Gasteiger charge is 2.25. The lowest BCUT2D eigenvalue weighted by Crippen LogP contribution is -2.43. The van der Waals surface area contributed by atoms with Crippen LogP contribution >= 0.6 is 0 Å². The first-order valence-corrected chi connectivity index (χ1v) is 7.31. The Morgan fingerprint density at radius 3 is 2.74 bits per heavy atom. The molecule has 2 heterocycles. The van der Waals surface area contributed by atoms with Crippen LogP contribution in [0.25, 0.3) is 0 Å². The number of aromatic nitrogens is 4. The van der Waals surface area contributed by atoms with E-state index in [4.69, 9.17) is 4.74 Å². The summed E-state index contributed by atoms with van der Waals surface area (Å²) in [6, 6.07) is 1.08. The third-order valence-corrected chi connectivity index (χ3v) is 3.69. The quantitative estimate of drug-likeness (QED) is 0.781. The molecule has 0 bridgehead atoms. The molecule has 19 heavy (non-hydrogen) atoms. The molecule has 1 fully saturated rings. The molecule has 6 heteroatoms. The van der Waals surface area contributed by atoms with Crippen LogP contribution in [0.15, 0.2) is 0 Å². The summed E-state index contributed by atoms with van der Waals surface area (Å²) in [7, 11) is 0. The van der Waals surface area contributed by atoms with Gasteiger partial charge in [-0.3, -0.25) is 4.90 Å². The van der Waals surface area contributed by atoms with Crippen LogP contribution in [0.4, 0.5) is 0 Å². The highest BCUT2D eigenvalue weighted by molar-refractivity contribution is 4.86. The van der Waals surface area contributed by atoms with E-state index in [2.05, 4.69) is 41.2 Å². The maximum atomic E-state index is 5.45. The molecule has 0 amide bonds. The highest BCUT2D eigenvalue weighted by Crippen LogP contribution is 2.19. The Kier molecular flexibility index (Phi) is 5.27. The fraction of sp³-hybridized carbons (Fsp3) is 0.923. The number of ether oxygens (including phenoxy) is 1. The Bertz CT molecular complexity index is 373. The third kappa shape index (κ3) is 3.73. The number of nitrogens with zero attached hydrogens (tertiary/aromatic N) is 5. The maximum absolute atomic E-state index is 5.45. The van der Waals surface area contributed by atoms with Crippen molar-refractivity contribution in [3.05, 3.63) is 5.82 Å². The Labute approximate surface area is 115 Å². The fourth-order valence-corrected chi connectivity index (χ4v) is 2.64. The van der Waals surface area contributed by atoms with Crippen molar-refractivity contribution in [1.82, 2.24) is 25.1 Å². The Balaban J connectivity index is 2.04. The average molecular weight is 267 g/mol. The lowest BCUT2D eigenvalue weighted by Gasteiger charge is -2.36. The highest BCUT2D eigenvalue weighted by atomic mass is 16.5. The molecule has 0 N–H and O–H groups in total. The largest absolute Gasteiger partial charge is 0.381 e. The molecule has 0 aliphatic carbocycles. The van der Waals surface area contributed by atoms with E-state index in [0.717, 1.165) is 51.4 Å². The van der Waals surface area contributed by atoms with Gasteiger partial charge in [-0.2, -0.15) is 0 Å². The van der Waals surface area contributed by atoms with E-state index in [-0.39, 0.29) is 0 Å². The molecule has 108 valence electrons. The standard InChI is InChI=1S/C13H25N5O/c1-4-7-18-13(14-15-16-18)10-17(11(2)3)12-5-8-19-9-6-12/h11-12H,4-10H2,1-3H3. The predicted molar refractivity (Wildman–Crippen MR) is 72.6 cm³/mol. The zero-order valence-electron chi connectivity index (χ0n) is 12.2. The van der Waals surface area contributed by atoms with Crippen LogP contribution in [-0.2, 0) is 17.8 Å². The van der Waals surface area contributed by atoms with Gasteiger partial charge in [0.25, 0.3) is 0 Å². The smallest absolute Gasteiger partial charge is 0.165 e. The Morgan fingerprint density at radius 2 is 2.11 bits per heavy atom. The van der Waals surface area contributed by atoms with Crippen LogP contribution in [0, 0.1) is 0 Å². The van der Waals surface area contributed by atoms with Crippen molar-refractivity contribution < 1.29 is 4.74 Å². The van der Waals surface area contributed by atoms with E-state index in [1.807, 2.05) is 4.68 Å². The molecule has 1 aliphatic rings.